The molecule has 5 nitrogen and oxygen atoms in total. The summed E-state index contributed by atoms with van der Waals surface area (Å²) in [7, 11) is 0. The van der Waals surface area contributed by atoms with Gasteiger partial charge in [-0.25, -0.2) is 0 Å². The average Bonchev–Trinajstić information content (AvgIpc) is 2.36. The van der Waals surface area contributed by atoms with E-state index < -0.39 is 11.4 Å². The first-order valence-corrected chi connectivity index (χ1v) is 5.97. The lowest BCUT2D eigenvalue weighted by molar-refractivity contribution is -0.126. The van der Waals surface area contributed by atoms with E-state index in [0.717, 1.165) is 0 Å². The number of carbonyl (C=O) groups excluding carboxylic acids is 2. The molecule has 1 atom stereocenters. The number of hydrogen-bond donors (Lipinski definition) is 2. The van der Waals surface area contributed by atoms with E-state index >= 15 is 0 Å². The molecule has 1 aromatic heterocycles. The monoisotopic (exact) mass is 249 g/mol. The number of amides is 2. The third kappa shape index (κ3) is 2.67. The molecule has 0 bridgehead atoms. The van der Waals surface area contributed by atoms with Crippen molar-refractivity contribution in [3.63, 3.8) is 0 Å². The molecule has 0 aliphatic carbocycles. The molecular formula is C13H19N3O2. The van der Waals surface area contributed by atoms with Gasteiger partial charge < -0.3 is 11.1 Å². The van der Waals surface area contributed by atoms with Crippen LogP contribution < -0.4 is 11.1 Å². The summed E-state index contributed by atoms with van der Waals surface area (Å²) < 4.78 is 0. The van der Waals surface area contributed by atoms with Gasteiger partial charge in [0.25, 0.3) is 5.91 Å². The number of carbonyl (C=O) groups is 2. The minimum Gasteiger partial charge on any atom is -0.368 e. The number of pyridine rings is 1. The molecule has 1 rings (SSSR count). The van der Waals surface area contributed by atoms with Crippen molar-refractivity contribution in [1.29, 1.82) is 0 Å². The molecule has 0 saturated heterocycles. The van der Waals surface area contributed by atoms with Crippen LogP contribution in [0.3, 0.4) is 0 Å². The molecule has 0 aliphatic heterocycles. The van der Waals surface area contributed by atoms with Gasteiger partial charge in [-0.05, 0) is 24.5 Å². The van der Waals surface area contributed by atoms with E-state index in [2.05, 4.69) is 10.3 Å². The first-order valence-electron chi connectivity index (χ1n) is 5.97. The highest BCUT2D eigenvalue weighted by Gasteiger charge is 2.39. The Morgan fingerprint density at radius 3 is 2.50 bits per heavy atom. The minimum atomic E-state index is -1.03. The molecular weight excluding hydrogens is 230 g/mol. The number of nitrogens with two attached hydrogens (primary N) is 1. The summed E-state index contributed by atoms with van der Waals surface area (Å²) in [5.41, 5.74) is 4.68. The smallest absolute Gasteiger partial charge is 0.270 e. The second-order valence-corrected chi connectivity index (χ2v) is 4.51. The number of hydrogen-bond acceptors (Lipinski definition) is 3. The van der Waals surface area contributed by atoms with Crippen molar-refractivity contribution < 1.29 is 9.59 Å². The maximum atomic E-state index is 12.0. The molecule has 0 fully saturated rings. The second-order valence-electron chi connectivity index (χ2n) is 4.51. The number of nitrogens with one attached hydrogen (secondary N) is 1. The molecule has 2 amide bonds. The molecule has 1 heterocycles. The Morgan fingerprint density at radius 1 is 1.44 bits per heavy atom. The molecule has 5 heteroatoms. The predicted octanol–water partition coefficient (Wildman–Crippen LogP) is 1.10. The lowest BCUT2D eigenvalue weighted by atomic mass is 9.83. The van der Waals surface area contributed by atoms with Gasteiger partial charge in [0, 0.05) is 6.20 Å². The van der Waals surface area contributed by atoms with E-state index in [1.54, 1.807) is 18.2 Å². The molecule has 3 N–H and O–H groups in total. The van der Waals surface area contributed by atoms with Gasteiger partial charge in [-0.1, -0.05) is 26.8 Å². The topological polar surface area (TPSA) is 85.1 Å². The Morgan fingerprint density at radius 2 is 2.11 bits per heavy atom. The van der Waals surface area contributed by atoms with Crippen LogP contribution in [-0.2, 0) is 4.79 Å². The van der Waals surface area contributed by atoms with Crippen LogP contribution >= 0.6 is 0 Å². The van der Waals surface area contributed by atoms with Crippen LogP contribution in [0.5, 0.6) is 0 Å². The highest BCUT2D eigenvalue weighted by Crippen LogP contribution is 2.21. The second kappa shape index (κ2) is 5.62. The SMILES string of the molecule is CC[C@@](NC(=O)c1ccccn1)(C(N)=O)C(C)C. The third-order valence-electron chi connectivity index (χ3n) is 3.22. The first-order chi connectivity index (χ1) is 8.44. The molecule has 98 valence electrons. The Hall–Kier alpha value is -1.91. The molecule has 0 saturated carbocycles. The van der Waals surface area contributed by atoms with Gasteiger partial charge in [-0.15, -0.1) is 0 Å². The van der Waals surface area contributed by atoms with Crippen LogP contribution in [-0.4, -0.2) is 22.3 Å². The van der Waals surface area contributed by atoms with Gasteiger partial charge in [0.2, 0.25) is 5.91 Å². The lowest BCUT2D eigenvalue weighted by Gasteiger charge is -2.34. The van der Waals surface area contributed by atoms with Gasteiger partial charge in [-0.3, -0.25) is 14.6 Å². The van der Waals surface area contributed by atoms with Crippen LogP contribution in [0.15, 0.2) is 24.4 Å². The van der Waals surface area contributed by atoms with Crippen molar-refractivity contribution >= 4 is 11.8 Å². The van der Waals surface area contributed by atoms with E-state index in [1.165, 1.54) is 6.20 Å². The van der Waals surface area contributed by atoms with Crippen LogP contribution in [0.1, 0.15) is 37.7 Å². The van der Waals surface area contributed by atoms with Gasteiger partial charge in [0.15, 0.2) is 0 Å². The number of primary amides is 1. The molecule has 0 radical (unpaired) electrons. The van der Waals surface area contributed by atoms with E-state index in [-0.39, 0.29) is 17.5 Å². The standard InChI is InChI=1S/C13H19N3O2/c1-4-13(9(2)3,12(14)18)16-11(17)10-7-5-6-8-15-10/h5-9H,4H2,1-3H3,(H2,14,18)(H,16,17)/t13-/m0/s1. The summed E-state index contributed by atoms with van der Waals surface area (Å²) in [6.45, 7) is 5.53. The van der Waals surface area contributed by atoms with E-state index in [4.69, 9.17) is 5.73 Å². The van der Waals surface area contributed by atoms with E-state index in [9.17, 15) is 9.59 Å². The quantitative estimate of drug-likeness (QED) is 0.819. The molecule has 18 heavy (non-hydrogen) atoms. The number of aromatic nitrogens is 1. The first kappa shape index (κ1) is 14.2. The fraction of sp³-hybridized carbons (Fsp3) is 0.462. The van der Waals surface area contributed by atoms with Crippen LogP contribution in [0, 0.1) is 5.92 Å². The van der Waals surface area contributed by atoms with Crippen LogP contribution in [0.4, 0.5) is 0 Å². The summed E-state index contributed by atoms with van der Waals surface area (Å²) in [5, 5.41) is 2.72. The highest BCUT2D eigenvalue weighted by molar-refractivity contribution is 5.97. The van der Waals surface area contributed by atoms with Gasteiger partial charge in [0.1, 0.15) is 11.2 Å². The van der Waals surface area contributed by atoms with Crippen molar-refractivity contribution in [2.45, 2.75) is 32.7 Å². The Labute approximate surface area is 107 Å². The maximum Gasteiger partial charge on any atom is 0.270 e. The molecule has 0 unspecified atom stereocenters. The van der Waals surface area contributed by atoms with Gasteiger partial charge in [0.05, 0.1) is 0 Å². The van der Waals surface area contributed by atoms with Crippen molar-refractivity contribution in [3.8, 4) is 0 Å². The fourth-order valence-electron chi connectivity index (χ4n) is 1.93. The van der Waals surface area contributed by atoms with Crippen molar-refractivity contribution in [3.05, 3.63) is 30.1 Å². The van der Waals surface area contributed by atoms with Crippen LogP contribution in [0.2, 0.25) is 0 Å². The summed E-state index contributed by atoms with van der Waals surface area (Å²) in [6, 6.07) is 5.03. The summed E-state index contributed by atoms with van der Waals surface area (Å²) in [5.74, 6) is -0.998. The molecule has 0 spiro atoms. The zero-order chi connectivity index (χ0) is 13.8. The Kier molecular flexibility index (Phi) is 4.42. The predicted molar refractivity (Wildman–Crippen MR) is 68.8 cm³/mol. The van der Waals surface area contributed by atoms with Crippen molar-refractivity contribution in [2.24, 2.45) is 11.7 Å². The number of nitrogens with zero attached hydrogens (tertiary/aromatic N) is 1. The molecule has 0 aliphatic rings. The zero-order valence-electron chi connectivity index (χ0n) is 10.9. The van der Waals surface area contributed by atoms with E-state index in [0.29, 0.717) is 6.42 Å². The fourth-order valence-corrected chi connectivity index (χ4v) is 1.93. The molecule has 1 aromatic rings. The normalized spacial score (nSPS) is 14.0. The summed E-state index contributed by atoms with van der Waals surface area (Å²) in [4.78, 5) is 27.6. The van der Waals surface area contributed by atoms with Gasteiger partial charge >= 0.3 is 0 Å². The van der Waals surface area contributed by atoms with Crippen LogP contribution in [0.25, 0.3) is 0 Å². The van der Waals surface area contributed by atoms with Gasteiger partial charge in [-0.2, -0.15) is 0 Å². The number of rotatable bonds is 5. The largest absolute Gasteiger partial charge is 0.368 e. The average molecular weight is 249 g/mol. The maximum absolute atomic E-state index is 12.0. The Bertz CT molecular complexity index is 431. The van der Waals surface area contributed by atoms with E-state index in [1.807, 2.05) is 20.8 Å². The minimum absolute atomic E-state index is 0.0901. The van der Waals surface area contributed by atoms with Crippen molar-refractivity contribution in [2.75, 3.05) is 0 Å². The van der Waals surface area contributed by atoms with Crippen molar-refractivity contribution in [1.82, 2.24) is 10.3 Å². The summed E-state index contributed by atoms with van der Waals surface area (Å²) >= 11 is 0. The molecule has 0 aromatic carbocycles. The highest BCUT2D eigenvalue weighted by atomic mass is 16.2. The third-order valence-corrected chi connectivity index (χ3v) is 3.22. The summed E-state index contributed by atoms with van der Waals surface area (Å²) in [6.07, 6.45) is 1.97. The zero-order valence-corrected chi connectivity index (χ0v) is 10.9. The lowest BCUT2D eigenvalue weighted by Crippen LogP contribution is -2.60. The Balaban J connectivity index is 2.99.